The second-order valence-corrected chi connectivity index (χ2v) is 6.94. The lowest BCUT2D eigenvalue weighted by Gasteiger charge is -2.04. The molecule has 90 valence electrons. The second-order valence-electron chi connectivity index (χ2n) is 4.30. The molecule has 0 bridgehead atoms. The highest BCUT2D eigenvalue weighted by atomic mass is 32.2. The van der Waals surface area contributed by atoms with E-state index >= 15 is 0 Å². The van der Waals surface area contributed by atoms with Gasteiger partial charge in [-0.2, -0.15) is 5.10 Å². The van der Waals surface area contributed by atoms with Crippen molar-refractivity contribution in [2.75, 3.05) is 12.0 Å². The second kappa shape index (κ2) is 4.29. The highest BCUT2D eigenvalue weighted by molar-refractivity contribution is 7.90. The summed E-state index contributed by atoms with van der Waals surface area (Å²) in [6, 6.07) is 0. The van der Waals surface area contributed by atoms with Gasteiger partial charge in [0.05, 0.1) is 5.75 Å². The zero-order valence-corrected chi connectivity index (χ0v) is 10.8. The molecule has 0 atom stereocenters. The van der Waals surface area contributed by atoms with Crippen LogP contribution in [0.1, 0.15) is 31.0 Å². The van der Waals surface area contributed by atoms with Crippen LogP contribution in [0.2, 0.25) is 0 Å². The molecule has 1 aliphatic rings. The predicted molar refractivity (Wildman–Crippen MR) is 63.7 cm³/mol. The number of hydrogen-bond donors (Lipinski definition) is 1. The number of rotatable bonds is 5. The van der Waals surface area contributed by atoms with Crippen LogP contribution in [0.4, 0.5) is 0 Å². The summed E-state index contributed by atoms with van der Waals surface area (Å²) < 4.78 is 24.6. The highest BCUT2D eigenvalue weighted by Crippen LogP contribution is 2.38. The van der Waals surface area contributed by atoms with Gasteiger partial charge in [-0.1, -0.05) is 0 Å². The van der Waals surface area contributed by atoms with Gasteiger partial charge >= 0.3 is 0 Å². The molecule has 0 radical (unpaired) electrons. The SMILES string of the molecule is CS(=O)(=O)CCCn1c(C2CC2)n[nH]c1=S. The molecule has 0 saturated heterocycles. The van der Waals surface area contributed by atoms with Crippen molar-refractivity contribution in [3.8, 4) is 0 Å². The molecular formula is C9H15N3O2S2. The Morgan fingerprint density at radius 2 is 2.25 bits per heavy atom. The first-order valence-corrected chi connectivity index (χ1v) is 7.77. The summed E-state index contributed by atoms with van der Waals surface area (Å²) in [6.45, 7) is 0.633. The van der Waals surface area contributed by atoms with Crippen molar-refractivity contribution in [3.63, 3.8) is 0 Å². The number of hydrogen-bond acceptors (Lipinski definition) is 4. The van der Waals surface area contributed by atoms with Crippen LogP contribution in [0, 0.1) is 4.77 Å². The number of sulfone groups is 1. The van der Waals surface area contributed by atoms with Crippen LogP contribution in [-0.4, -0.2) is 35.2 Å². The lowest BCUT2D eigenvalue weighted by atomic mass is 10.4. The van der Waals surface area contributed by atoms with Crippen molar-refractivity contribution < 1.29 is 8.42 Å². The number of nitrogens with one attached hydrogen (secondary N) is 1. The molecule has 1 aliphatic carbocycles. The van der Waals surface area contributed by atoms with Gasteiger partial charge in [-0.25, -0.2) is 8.42 Å². The zero-order valence-electron chi connectivity index (χ0n) is 9.14. The summed E-state index contributed by atoms with van der Waals surface area (Å²) in [7, 11) is -2.89. The molecule has 1 aromatic heterocycles. The average Bonchev–Trinajstić information content (AvgIpc) is 2.92. The smallest absolute Gasteiger partial charge is 0.195 e. The molecular weight excluding hydrogens is 246 g/mol. The summed E-state index contributed by atoms with van der Waals surface area (Å²) in [5.41, 5.74) is 0. The number of aromatic nitrogens is 3. The Morgan fingerprint density at radius 3 is 2.81 bits per heavy atom. The van der Waals surface area contributed by atoms with E-state index in [2.05, 4.69) is 10.2 Å². The molecule has 1 N–H and O–H groups in total. The molecule has 5 nitrogen and oxygen atoms in total. The average molecular weight is 261 g/mol. The Hall–Kier alpha value is -0.690. The van der Waals surface area contributed by atoms with Gasteiger partial charge in [0.2, 0.25) is 0 Å². The van der Waals surface area contributed by atoms with Gasteiger partial charge in [-0.05, 0) is 31.5 Å². The quantitative estimate of drug-likeness (QED) is 0.810. The summed E-state index contributed by atoms with van der Waals surface area (Å²) in [4.78, 5) is 0. The molecule has 0 aliphatic heterocycles. The van der Waals surface area contributed by atoms with E-state index in [1.165, 1.54) is 6.26 Å². The third-order valence-electron chi connectivity index (χ3n) is 2.63. The standard InChI is InChI=1S/C9H15N3O2S2/c1-16(13,14)6-2-5-12-8(7-3-4-7)10-11-9(12)15/h7H,2-6H2,1H3,(H,11,15). The van der Waals surface area contributed by atoms with E-state index in [9.17, 15) is 8.42 Å². The van der Waals surface area contributed by atoms with Crippen molar-refractivity contribution in [3.05, 3.63) is 10.6 Å². The number of nitrogens with zero attached hydrogens (tertiary/aromatic N) is 2. The van der Waals surface area contributed by atoms with Gasteiger partial charge in [0.1, 0.15) is 15.7 Å². The fraction of sp³-hybridized carbons (Fsp3) is 0.778. The number of H-pyrrole nitrogens is 1. The fourth-order valence-electron chi connectivity index (χ4n) is 1.68. The molecule has 1 aromatic rings. The lowest BCUT2D eigenvalue weighted by molar-refractivity contribution is 0.586. The molecule has 0 unspecified atom stereocenters. The van der Waals surface area contributed by atoms with Gasteiger partial charge in [0.15, 0.2) is 4.77 Å². The van der Waals surface area contributed by atoms with Crippen molar-refractivity contribution >= 4 is 22.1 Å². The Balaban J connectivity index is 2.03. The minimum absolute atomic E-state index is 0.198. The van der Waals surface area contributed by atoms with E-state index in [0.717, 1.165) is 18.7 Å². The molecule has 16 heavy (non-hydrogen) atoms. The van der Waals surface area contributed by atoms with Gasteiger partial charge in [-0.3, -0.25) is 5.10 Å². The van der Waals surface area contributed by atoms with Gasteiger partial charge in [0.25, 0.3) is 0 Å². The van der Waals surface area contributed by atoms with Crippen molar-refractivity contribution in [2.45, 2.75) is 31.7 Å². The molecule has 1 fully saturated rings. The number of aromatic amines is 1. The normalized spacial score (nSPS) is 16.6. The molecule has 0 spiro atoms. The lowest BCUT2D eigenvalue weighted by Crippen LogP contribution is -2.09. The van der Waals surface area contributed by atoms with Crippen LogP contribution in [0.5, 0.6) is 0 Å². The van der Waals surface area contributed by atoms with Gasteiger partial charge < -0.3 is 4.57 Å². The third-order valence-corrected chi connectivity index (χ3v) is 3.97. The first kappa shape index (κ1) is 11.8. The molecule has 0 aromatic carbocycles. The van der Waals surface area contributed by atoms with Crippen molar-refractivity contribution in [1.82, 2.24) is 14.8 Å². The maximum Gasteiger partial charge on any atom is 0.195 e. The molecule has 7 heteroatoms. The van der Waals surface area contributed by atoms with Crippen LogP contribution < -0.4 is 0 Å². The Morgan fingerprint density at radius 1 is 1.56 bits per heavy atom. The highest BCUT2D eigenvalue weighted by Gasteiger charge is 2.28. The van der Waals surface area contributed by atoms with E-state index in [-0.39, 0.29) is 5.75 Å². The predicted octanol–water partition coefficient (Wildman–Crippen LogP) is 1.25. The maximum absolute atomic E-state index is 11.0. The monoisotopic (exact) mass is 261 g/mol. The molecule has 1 saturated carbocycles. The van der Waals surface area contributed by atoms with Crippen LogP contribution in [0.25, 0.3) is 0 Å². The molecule has 1 heterocycles. The third kappa shape index (κ3) is 2.91. The molecule has 0 amide bonds. The zero-order chi connectivity index (χ0) is 11.8. The Bertz CT molecular complexity index is 525. The van der Waals surface area contributed by atoms with Gasteiger partial charge in [0, 0.05) is 18.7 Å². The van der Waals surface area contributed by atoms with E-state index in [4.69, 9.17) is 12.2 Å². The minimum atomic E-state index is -2.89. The summed E-state index contributed by atoms with van der Waals surface area (Å²) >= 11 is 5.12. The first-order valence-electron chi connectivity index (χ1n) is 5.30. The Kier molecular flexibility index (Phi) is 3.16. The van der Waals surface area contributed by atoms with Crippen LogP contribution in [-0.2, 0) is 16.4 Å². The first-order chi connectivity index (χ1) is 7.47. The maximum atomic E-state index is 11.0. The summed E-state index contributed by atoms with van der Waals surface area (Å²) in [5.74, 6) is 1.70. The topological polar surface area (TPSA) is 67.8 Å². The van der Waals surface area contributed by atoms with Gasteiger partial charge in [-0.15, -0.1) is 0 Å². The van der Waals surface area contributed by atoms with E-state index < -0.39 is 9.84 Å². The summed E-state index contributed by atoms with van der Waals surface area (Å²) in [6.07, 6.45) is 4.16. The van der Waals surface area contributed by atoms with E-state index in [1.54, 1.807) is 0 Å². The fourth-order valence-corrected chi connectivity index (χ4v) is 2.57. The van der Waals surface area contributed by atoms with E-state index in [1.807, 2.05) is 4.57 Å². The largest absolute Gasteiger partial charge is 0.304 e. The van der Waals surface area contributed by atoms with Crippen molar-refractivity contribution in [1.29, 1.82) is 0 Å². The van der Waals surface area contributed by atoms with E-state index in [0.29, 0.717) is 23.7 Å². The Labute approximate surface area is 99.8 Å². The van der Waals surface area contributed by atoms with Crippen LogP contribution in [0.3, 0.4) is 0 Å². The van der Waals surface area contributed by atoms with Crippen molar-refractivity contribution in [2.24, 2.45) is 0 Å². The van der Waals surface area contributed by atoms with Crippen LogP contribution in [0.15, 0.2) is 0 Å². The van der Waals surface area contributed by atoms with Crippen LogP contribution >= 0.6 is 12.2 Å². The molecule has 2 rings (SSSR count). The summed E-state index contributed by atoms with van der Waals surface area (Å²) in [5, 5.41) is 6.96. The minimum Gasteiger partial charge on any atom is -0.304 e.